The maximum Gasteiger partial charge on any atom is 0.303 e. The Bertz CT molecular complexity index is 710. The zero-order valence-electron chi connectivity index (χ0n) is 14.1. The number of unbranched alkanes of at least 4 members (excludes halogenated alkanes) is 3. The number of benzene rings is 2. The van der Waals surface area contributed by atoms with Crippen LogP contribution in [0.15, 0.2) is 48.5 Å². The average Bonchev–Trinajstić information content (AvgIpc) is 2.59. The number of nitrogens with one attached hydrogen (secondary N) is 1. The molecule has 3 N–H and O–H groups in total. The van der Waals surface area contributed by atoms with E-state index >= 15 is 0 Å². The van der Waals surface area contributed by atoms with Crippen LogP contribution in [0.5, 0.6) is 5.75 Å². The Balaban J connectivity index is 1.77. The molecule has 0 spiro atoms. The van der Waals surface area contributed by atoms with E-state index in [1.807, 2.05) is 24.3 Å². The van der Waals surface area contributed by atoms with E-state index in [4.69, 9.17) is 5.11 Å². The van der Waals surface area contributed by atoms with E-state index in [9.17, 15) is 14.7 Å². The number of aliphatic carboxylic acids is 1. The Hall–Kier alpha value is -2.82. The summed E-state index contributed by atoms with van der Waals surface area (Å²) in [6, 6.07) is 14.1. The number of amides is 1. The van der Waals surface area contributed by atoms with Gasteiger partial charge in [0.2, 0.25) is 0 Å². The van der Waals surface area contributed by atoms with Gasteiger partial charge in [0.1, 0.15) is 5.75 Å². The average molecular weight is 341 g/mol. The first-order valence-electron chi connectivity index (χ1n) is 8.46. The summed E-state index contributed by atoms with van der Waals surface area (Å²) in [5, 5.41) is 21.0. The Kier molecular flexibility index (Phi) is 7.01. The fraction of sp³-hybridized carbons (Fsp3) is 0.300. The van der Waals surface area contributed by atoms with E-state index in [1.54, 1.807) is 18.2 Å². The molecule has 0 saturated heterocycles. The third-order valence-corrected chi connectivity index (χ3v) is 3.97. The molecule has 0 aliphatic rings. The highest BCUT2D eigenvalue weighted by atomic mass is 16.4. The number of carboxylic acids is 1. The fourth-order valence-corrected chi connectivity index (χ4v) is 2.58. The van der Waals surface area contributed by atoms with Crippen LogP contribution >= 0.6 is 0 Å². The van der Waals surface area contributed by atoms with Crippen molar-refractivity contribution in [3.63, 3.8) is 0 Å². The molecule has 2 aromatic carbocycles. The van der Waals surface area contributed by atoms with E-state index in [0.717, 1.165) is 32.1 Å². The van der Waals surface area contributed by atoms with Crippen molar-refractivity contribution in [2.75, 3.05) is 5.32 Å². The summed E-state index contributed by atoms with van der Waals surface area (Å²) in [4.78, 5) is 22.6. The van der Waals surface area contributed by atoms with Gasteiger partial charge in [0.05, 0.1) is 5.56 Å². The van der Waals surface area contributed by atoms with Crippen molar-refractivity contribution in [3.05, 3.63) is 59.7 Å². The second kappa shape index (κ2) is 9.47. The SMILES string of the molecule is O=C(O)CCCCCCc1ccc(NC(=O)c2ccccc2O)cc1. The van der Waals surface area contributed by atoms with Gasteiger partial charge >= 0.3 is 5.97 Å². The molecule has 0 atom stereocenters. The molecule has 0 aliphatic heterocycles. The number of para-hydroxylation sites is 1. The monoisotopic (exact) mass is 341 g/mol. The van der Waals surface area contributed by atoms with Crippen molar-refractivity contribution in [2.24, 2.45) is 0 Å². The van der Waals surface area contributed by atoms with E-state index in [1.165, 1.54) is 11.6 Å². The predicted octanol–water partition coefficient (Wildman–Crippen LogP) is 4.22. The number of hydrogen-bond donors (Lipinski definition) is 3. The zero-order chi connectivity index (χ0) is 18.1. The largest absolute Gasteiger partial charge is 0.507 e. The second-order valence-electron chi connectivity index (χ2n) is 5.98. The van der Waals surface area contributed by atoms with Crippen molar-refractivity contribution in [1.29, 1.82) is 0 Å². The molecule has 2 rings (SSSR count). The fourth-order valence-electron chi connectivity index (χ4n) is 2.58. The maximum atomic E-state index is 12.1. The number of phenolic OH excluding ortho intramolecular Hbond substituents is 1. The molecule has 0 fully saturated rings. The van der Waals surface area contributed by atoms with Crippen LogP contribution in [0, 0.1) is 0 Å². The van der Waals surface area contributed by atoms with Crippen molar-refractivity contribution >= 4 is 17.6 Å². The molecular formula is C20H23NO4. The van der Waals surface area contributed by atoms with Crippen LogP contribution in [0.4, 0.5) is 5.69 Å². The number of anilines is 1. The maximum absolute atomic E-state index is 12.1. The quantitative estimate of drug-likeness (QED) is 0.596. The van der Waals surface area contributed by atoms with Crippen molar-refractivity contribution in [1.82, 2.24) is 0 Å². The van der Waals surface area contributed by atoms with Gasteiger partial charge in [0, 0.05) is 12.1 Å². The molecular weight excluding hydrogens is 318 g/mol. The Morgan fingerprint density at radius 1 is 0.880 bits per heavy atom. The molecule has 0 aromatic heterocycles. The summed E-state index contributed by atoms with van der Waals surface area (Å²) in [5.74, 6) is -1.12. The Morgan fingerprint density at radius 3 is 2.24 bits per heavy atom. The smallest absolute Gasteiger partial charge is 0.303 e. The number of carbonyl (C=O) groups is 2. The normalized spacial score (nSPS) is 10.4. The molecule has 5 nitrogen and oxygen atoms in total. The van der Waals surface area contributed by atoms with E-state index in [-0.39, 0.29) is 23.6 Å². The summed E-state index contributed by atoms with van der Waals surface area (Å²) in [6.45, 7) is 0. The lowest BCUT2D eigenvalue weighted by atomic mass is 10.0. The topological polar surface area (TPSA) is 86.6 Å². The van der Waals surface area contributed by atoms with Crippen LogP contribution in [-0.2, 0) is 11.2 Å². The standard InChI is InChI=1S/C20H23NO4/c22-18-9-6-5-8-17(18)20(25)21-16-13-11-15(12-14-16)7-3-1-2-4-10-19(23)24/h5-6,8-9,11-14,22H,1-4,7,10H2,(H,21,25)(H,23,24). The molecule has 0 heterocycles. The first-order chi connectivity index (χ1) is 12.1. The summed E-state index contributed by atoms with van der Waals surface area (Å²) in [7, 11) is 0. The Morgan fingerprint density at radius 2 is 1.56 bits per heavy atom. The molecule has 1 amide bonds. The highest BCUT2D eigenvalue weighted by Crippen LogP contribution is 2.18. The minimum Gasteiger partial charge on any atom is -0.507 e. The molecule has 0 aliphatic carbocycles. The second-order valence-corrected chi connectivity index (χ2v) is 5.98. The predicted molar refractivity (Wildman–Crippen MR) is 96.9 cm³/mol. The molecule has 0 bridgehead atoms. The van der Waals surface area contributed by atoms with E-state index in [2.05, 4.69) is 5.32 Å². The van der Waals surface area contributed by atoms with Crippen molar-refractivity contribution in [2.45, 2.75) is 38.5 Å². The molecule has 132 valence electrons. The summed E-state index contributed by atoms with van der Waals surface area (Å²) in [6.07, 6.45) is 4.86. The lowest BCUT2D eigenvalue weighted by Gasteiger charge is -2.08. The van der Waals surface area contributed by atoms with Gasteiger partial charge in [-0.15, -0.1) is 0 Å². The van der Waals surface area contributed by atoms with Crippen molar-refractivity contribution < 1.29 is 19.8 Å². The number of phenols is 1. The summed E-state index contributed by atoms with van der Waals surface area (Å²) >= 11 is 0. The molecule has 0 saturated carbocycles. The number of carboxylic acid groups (broad SMARTS) is 1. The van der Waals surface area contributed by atoms with E-state index in [0.29, 0.717) is 5.69 Å². The van der Waals surface area contributed by atoms with Gasteiger partial charge < -0.3 is 15.5 Å². The highest BCUT2D eigenvalue weighted by Gasteiger charge is 2.10. The van der Waals surface area contributed by atoms with Gasteiger partial charge in [-0.2, -0.15) is 0 Å². The van der Waals surface area contributed by atoms with Crippen LogP contribution in [-0.4, -0.2) is 22.1 Å². The van der Waals surface area contributed by atoms with Gasteiger partial charge in [0.15, 0.2) is 0 Å². The lowest BCUT2D eigenvalue weighted by Crippen LogP contribution is -2.11. The molecule has 5 heteroatoms. The number of hydrogen-bond acceptors (Lipinski definition) is 3. The molecule has 0 unspecified atom stereocenters. The van der Waals surface area contributed by atoms with Crippen molar-refractivity contribution in [3.8, 4) is 5.75 Å². The third-order valence-electron chi connectivity index (χ3n) is 3.97. The van der Waals surface area contributed by atoms with Gasteiger partial charge in [-0.05, 0) is 49.1 Å². The summed E-state index contributed by atoms with van der Waals surface area (Å²) in [5.41, 5.74) is 2.10. The minimum absolute atomic E-state index is 0.0421. The van der Waals surface area contributed by atoms with Crippen LogP contribution < -0.4 is 5.32 Å². The lowest BCUT2D eigenvalue weighted by molar-refractivity contribution is -0.137. The van der Waals surface area contributed by atoms with Crippen LogP contribution in [0.25, 0.3) is 0 Å². The number of aryl methyl sites for hydroxylation is 1. The van der Waals surface area contributed by atoms with Gasteiger partial charge in [-0.25, -0.2) is 0 Å². The third kappa shape index (κ3) is 6.30. The van der Waals surface area contributed by atoms with Crippen LogP contribution in [0.2, 0.25) is 0 Å². The first kappa shape index (κ1) is 18.5. The first-order valence-corrected chi connectivity index (χ1v) is 8.46. The molecule has 25 heavy (non-hydrogen) atoms. The zero-order valence-corrected chi connectivity index (χ0v) is 14.1. The summed E-state index contributed by atoms with van der Waals surface area (Å²) < 4.78 is 0. The van der Waals surface area contributed by atoms with Gasteiger partial charge in [-0.1, -0.05) is 37.1 Å². The Labute approximate surface area is 147 Å². The highest BCUT2D eigenvalue weighted by molar-refractivity contribution is 6.06. The minimum atomic E-state index is -0.735. The number of carbonyl (C=O) groups excluding carboxylic acids is 1. The number of aromatic hydroxyl groups is 1. The van der Waals surface area contributed by atoms with Gasteiger partial charge in [0.25, 0.3) is 5.91 Å². The van der Waals surface area contributed by atoms with Crippen LogP contribution in [0.3, 0.4) is 0 Å². The van der Waals surface area contributed by atoms with E-state index < -0.39 is 5.97 Å². The van der Waals surface area contributed by atoms with Crippen LogP contribution in [0.1, 0.15) is 48.0 Å². The molecule has 2 aromatic rings. The molecule has 0 radical (unpaired) electrons. The van der Waals surface area contributed by atoms with Gasteiger partial charge in [-0.3, -0.25) is 9.59 Å². The number of rotatable bonds is 9.